The summed E-state index contributed by atoms with van der Waals surface area (Å²) >= 11 is 0. The highest BCUT2D eigenvalue weighted by molar-refractivity contribution is 5.69. The number of nitrogens with zero attached hydrogens (tertiary/aromatic N) is 2. The predicted octanol–water partition coefficient (Wildman–Crippen LogP) is 1.81. The molecule has 6 heteroatoms. The molecule has 0 fully saturated rings. The van der Waals surface area contributed by atoms with Crippen molar-refractivity contribution in [2.45, 2.75) is 0 Å². The topological polar surface area (TPSA) is 94.3 Å². The minimum Gasteiger partial charge on any atom is -0.493 e. The van der Waals surface area contributed by atoms with Crippen LogP contribution in [-0.4, -0.2) is 19.2 Å². The van der Waals surface area contributed by atoms with Gasteiger partial charge in [0, 0.05) is 0 Å². The van der Waals surface area contributed by atoms with Crippen LogP contribution in [-0.2, 0) is 0 Å². The molecular formula is C12H11N3O3. The second-order valence-electron chi connectivity index (χ2n) is 3.38. The van der Waals surface area contributed by atoms with E-state index in [2.05, 4.69) is 4.98 Å². The summed E-state index contributed by atoms with van der Waals surface area (Å²) in [5.74, 6) is 1.23. The monoisotopic (exact) mass is 245 g/mol. The average molecular weight is 245 g/mol. The van der Waals surface area contributed by atoms with Crippen LogP contribution in [0.25, 0.3) is 11.5 Å². The molecule has 18 heavy (non-hydrogen) atoms. The van der Waals surface area contributed by atoms with Gasteiger partial charge in [0.25, 0.3) is 0 Å². The Kier molecular flexibility index (Phi) is 3.06. The lowest BCUT2D eigenvalue weighted by atomic mass is 10.2. The molecule has 2 rings (SSSR count). The molecule has 1 aromatic carbocycles. The molecule has 2 aromatic rings. The Morgan fingerprint density at radius 3 is 2.67 bits per heavy atom. The third kappa shape index (κ3) is 1.82. The summed E-state index contributed by atoms with van der Waals surface area (Å²) in [6.45, 7) is 0. The highest BCUT2D eigenvalue weighted by Gasteiger charge is 2.18. The second-order valence-corrected chi connectivity index (χ2v) is 3.38. The van der Waals surface area contributed by atoms with Crippen LogP contribution in [0, 0.1) is 11.3 Å². The van der Waals surface area contributed by atoms with Crippen LogP contribution in [0.2, 0.25) is 0 Å². The zero-order valence-electron chi connectivity index (χ0n) is 9.93. The fourth-order valence-corrected chi connectivity index (χ4v) is 1.58. The predicted molar refractivity (Wildman–Crippen MR) is 64.2 cm³/mol. The summed E-state index contributed by atoms with van der Waals surface area (Å²) in [4.78, 5) is 3.99. The number of nitriles is 1. The third-order valence-corrected chi connectivity index (χ3v) is 2.39. The molecule has 1 aromatic heterocycles. The summed E-state index contributed by atoms with van der Waals surface area (Å²) < 4.78 is 15.7. The molecule has 1 heterocycles. The Bertz CT molecular complexity index is 614. The van der Waals surface area contributed by atoms with Gasteiger partial charge in [-0.2, -0.15) is 10.2 Å². The first-order chi connectivity index (χ1) is 8.71. The molecule has 0 aliphatic heterocycles. The van der Waals surface area contributed by atoms with Crippen molar-refractivity contribution in [3.63, 3.8) is 0 Å². The van der Waals surface area contributed by atoms with Crippen molar-refractivity contribution >= 4 is 5.88 Å². The van der Waals surface area contributed by atoms with Gasteiger partial charge in [0.05, 0.1) is 19.8 Å². The number of methoxy groups -OCH3 is 2. The van der Waals surface area contributed by atoms with E-state index in [0.29, 0.717) is 17.1 Å². The van der Waals surface area contributed by atoms with Crippen LogP contribution >= 0.6 is 0 Å². The molecule has 0 saturated carbocycles. The lowest BCUT2D eigenvalue weighted by Gasteiger charge is -2.09. The van der Waals surface area contributed by atoms with Crippen LogP contribution in [0.1, 0.15) is 5.69 Å². The van der Waals surface area contributed by atoms with E-state index < -0.39 is 0 Å². The van der Waals surface area contributed by atoms with Crippen molar-refractivity contribution in [1.29, 1.82) is 5.26 Å². The maximum atomic E-state index is 8.80. The van der Waals surface area contributed by atoms with Crippen molar-refractivity contribution in [3.05, 3.63) is 23.9 Å². The quantitative estimate of drug-likeness (QED) is 0.886. The molecule has 0 atom stereocenters. The van der Waals surface area contributed by atoms with E-state index in [-0.39, 0.29) is 17.5 Å². The summed E-state index contributed by atoms with van der Waals surface area (Å²) in [5, 5.41) is 8.80. The SMILES string of the molecule is COc1cccc(-c2nc(C#N)c(N)o2)c1OC. The molecule has 2 N–H and O–H groups in total. The van der Waals surface area contributed by atoms with Gasteiger partial charge in [-0.3, -0.25) is 0 Å². The summed E-state index contributed by atoms with van der Waals surface area (Å²) in [6.07, 6.45) is 0. The molecule has 0 unspecified atom stereocenters. The van der Waals surface area contributed by atoms with E-state index in [9.17, 15) is 0 Å². The molecule has 92 valence electrons. The normalized spacial score (nSPS) is 9.83. The van der Waals surface area contributed by atoms with Gasteiger partial charge in [-0.25, -0.2) is 0 Å². The van der Waals surface area contributed by atoms with Gasteiger partial charge < -0.3 is 19.6 Å². The second kappa shape index (κ2) is 4.67. The molecule has 0 radical (unpaired) electrons. The molecule has 0 aliphatic rings. The van der Waals surface area contributed by atoms with Crippen molar-refractivity contribution in [2.24, 2.45) is 0 Å². The summed E-state index contributed by atoms with van der Waals surface area (Å²) in [7, 11) is 3.05. The number of rotatable bonds is 3. The minimum absolute atomic E-state index is 0.0163. The Morgan fingerprint density at radius 1 is 1.33 bits per heavy atom. The van der Waals surface area contributed by atoms with E-state index >= 15 is 0 Å². The molecule has 0 saturated heterocycles. The van der Waals surface area contributed by atoms with Crippen LogP contribution in [0.15, 0.2) is 22.6 Å². The third-order valence-electron chi connectivity index (χ3n) is 2.39. The van der Waals surface area contributed by atoms with E-state index in [4.69, 9.17) is 24.9 Å². The van der Waals surface area contributed by atoms with Gasteiger partial charge in [-0.1, -0.05) is 6.07 Å². The van der Waals surface area contributed by atoms with E-state index in [1.165, 1.54) is 14.2 Å². The maximum Gasteiger partial charge on any atom is 0.233 e. The molecule has 0 amide bonds. The number of nitrogens with two attached hydrogens (primary N) is 1. The number of aromatic nitrogens is 1. The van der Waals surface area contributed by atoms with E-state index in [1.807, 2.05) is 6.07 Å². The highest BCUT2D eigenvalue weighted by Crippen LogP contribution is 2.38. The first kappa shape index (κ1) is 11.8. The van der Waals surface area contributed by atoms with Gasteiger partial charge in [-0.05, 0) is 12.1 Å². The van der Waals surface area contributed by atoms with Crippen molar-refractivity contribution in [3.8, 4) is 29.0 Å². The van der Waals surface area contributed by atoms with Crippen molar-refractivity contribution in [1.82, 2.24) is 4.98 Å². The first-order valence-corrected chi connectivity index (χ1v) is 5.09. The fraction of sp³-hybridized carbons (Fsp3) is 0.167. The number of ether oxygens (including phenoxy) is 2. The van der Waals surface area contributed by atoms with Gasteiger partial charge >= 0.3 is 0 Å². The Morgan fingerprint density at radius 2 is 2.11 bits per heavy atom. The van der Waals surface area contributed by atoms with Gasteiger partial charge in [0.1, 0.15) is 6.07 Å². The largest absolute Gasteiger partial charge is 0.493 e. The molecule has 0 spiro atoms. The molecule has 0 bridgehead atoms. The first-order valence-electron chi connectivity index (χ1n) is 5.09. The van der Waals surface area contributed by atoms with Crippen molar-refractivity contribution < 1.29 is 13.9 Å². The Labute approximate surface area is 104 Å². The maximum absolute atomic E-state index is 8.80. The van der Waals surface area contributed by atoms with Gasteiger partial charge in [0.15, 0.2) is 11.5 Å². The summed E-state index contributed by atoms with van der Waals surface area (Å²) in [5.41, 5.74) is 6.15. The van der Waals surface area contributed by atoms with Crippen LogP contribution < -0.4 is 15.2 Å². The zero-order valence-corrected chi connectivity index (χ0v) is 9.93. The van der Waals surface area contributed by atoms with Crippen molar-refractivity contribution in [2.75, 3.05) is 20.0 Å². The molecule has 6 nitrogen and oxygen atoms in total. The van der Waals surface area contributed by atoms with Gasteiger partial charge in [0.2, 0.25) is 17.5 Å². The summed E-state index contributed by atoms with van der Waals surface area (Å²) in [6, 6.07) is 7.11. The number of para-hydroxylation sites is 1. The van der Waals surface area contributed by atoms with E-state index in [0.717, 1.165) is 0 Å². The smallest absolute Gasteiger partial charge is 0.233 e. The zero-order chi connectivity index (χ0) is 13.1. The van der Waals surface area contributed by atoms with Crippen LogP contribution in [0.3, 0.4) is 0 Å². The number of oxazole rings is 1. The molecule has 0 aliphatic carbocycles. The van der Waals surface area contributed by atoms with Crippen LogP contribution in [0.4, 0.5) is 5.88 Å². The number of benzene rings is 1. The fourth-order valence-electron chi connectivity index (χ4n) is 1.58. The lowest BCUT2D eigenvalue weighted by molar-refractivity contribution is 0.355. The standard InChI is InChI=1S/C12H11N3O3/c1-16-9-5-3-4-7(10(9)17-2)12-15-8(6-13)11(14)18-12/h3-5H,14H2,1-2H3. The Balaban J connectivity index is 2.60. The molecular weight excluding hydrogens is 234 g/mol. The number of anilines is 1. The van der Waals surface area contributed by atoms with E-state index in [1.54, 1.807) is 18.2 Å². The van der Waals surface area contributed by atoms with Gasteiger partial charge in [-0.15, -0.1) is 0 Å². The number of nitrogen functional groups attached to an aromatic ring is 1. The van der Waals surface area contributed by atoms with Crippen LogP contribution in [0.5, 0.6) is 11.5 Å². The minimum atomic E-state index is -0.0163. The number of hydrogen-bond acceptors (Lipinski definition) is 6. The number of hydrogen-bond donors (Lipinski definition) is 1. The average Bonchev–Trinajstić information content (AvgIpc) is 2.78. The lowest BCUT2D eigenvalue weighted by Crippen LogP contribution is -1.93. The highest BCUT2D eigenvalue weighted by atomic mass is 16.5. The Hall–Kier alpha value is -2.68.